The van der Waals surface area contributed by atoms with Crippen LogP contribution in [0.4, 0.5) is 0 Å². The molecule has 0 spiro atoms. The van der Waals surface area contributed by atoms with E-state index in [1.54, 1.807) is 5.56 Å². The van der Waals surface area contributed by atoms with Gasteiger partial charge in [-0.15, -0.1) is 0 Å². The van der Waals surface area contributed by atoms with Crippen molar-refractivity contribution in [3.63, 3.8) is 0 Å². The zero-order valence-corrected chi connectivity index (χ0v) is 9.79. The summed E-state index contributed by atoms with van der Waals surface area (Å²) >= 11 is 0. The quantitative estimate of drug-likeness (QED) is 0.637. The molecule has 80 valence electrons. The Balaban J connectivity index is 1.99. The summed E-state index contributed by atoms with van der Waals surface area (Å²) in [6, 6.07) is 6.77. The van der Waals surface area contributed by atoms with E-state index >= 15 is 0 Å². The van der Waals surface area contributed by atoms with E-state index in [1.807, 2.05) is 0 Å². The van der Waals surface area contributed by atoms with E-state index in [0.717, 1.165) is 17.8 Å². The van der Waals surface area contributed by atoms with Gasteiger partial charge in [-0.05, 0) is 67.6 Å². The van der Waals surface area contributed by atoms with Crippen LogP contribution in [0.15, 0.2) is 18.2 Å². The summed E-state index contributed by atoms with van der Waals surface area (Å²) in [5.41, 5.74) is 4.73. The first-order valence-corrected chi connectivity index (χ1v) is 6.32. The number of hydrogen-bond donors (Lipinski definition) is 0. The third kappa shape index (κ3) is 1.42. The van der Waals surface area contributed by atoms with E-state index in [9.17, 15) is 0 Å². The zero-order chi connectivity index (χ0) is 10.4. The van der Waals surface area contributed by atoms with Crippen molar-refractivity contribution in [1.82, 2.24) is 0 Å². The maximum absolute atomic E-state index is 2.29. The van der Waals surface area contributed by atoms with E-state index in [4.69, 9.17) is 0 Å². The minimum atomic E-state index is 0.893. The van der Waals surface area contributed by atoms with E-state index < -0.39 is 0 Å². The van der Waals surface area contributed by atoms with Gasteiger partial charge in [0.1, 0.15) is 0 Å². The Hall–Kier alpha value is -0.780. The Bertz CT molecular complexity index is 357. The predicted octanol–water partition coefficient (Wildman–Crippen LogP) is 4.21. The Labute approximate surface area is 92.7 Å². The lowest BCUT2D eigenvalue weighted by atomic mass is 9.80. The van der Waals surface area contributed by atoms with Crippen molar-refractivity contribution >= 4 is 0 Å². The summed E-state index contributed by atoms with van der Waals surface area (Å²) in [6.45, 7) is 4.57. The van der Waals surface area contributed by atoms with Gasteiger partial charge in [-0.3, -0.25) is 0 Å². The van der Waals surface area contributed by atoms with Crippen molar-refractivity contribution in [1.29, 1.82) is 0 Å². The third-order valence-electron chi connectivity index (χ3n) is 4.65. The number of aryl methyl sites for hydroxylation is 2. The fourth-order valence-corrected chi connectivity index (χ4v) is 4.01. The van der Waals surface area contributed by atoms with Crippen LogP contribution in [0, 0.1) is 25.7 Å². The van der Waals surface area contributed by atoms with Crippen molar-refractivity contribution in [2.75, 3.05) is 0 Å². The third-order valence-corrected chi connectivity index (χ3v) is 4.65. The van der Waals surface area contributed by atoms with Gasteiger partial charge in [-0.1, -0.05) is 24.6 Å². The summed E-state index contributed by atoms with van der Waals surface area (Å²) < 4.78 is 0. The molecule has 0 heteroatoms. The van der Waals surface area contributed by atoms with Gasteiger partial charge < -0.3 is 0 Å². The molecule has 0 aromatic heterocycles. The van der Waals surface area contributed by atoms with Crippen LogP contribution >= 0.6 is 0 Å². The minimum Gasteiger partial charge on any atom is -0.0617 e. The molecule has 0 amide bonds. The number of rotatable bonds is 1. The zero-order valence-electron chi connectivity index (χ0n) is 9.79. The highest BCUT2D eigenvalue weighted by atomic mass is 14.5. The van der Waals surface area contributed by atoms with Crippen LogP contribution in [-0.2, 0) is 0 Å². The average molecular weight is 200 g/mol. The first-order chi connectivity index (χ1) is 7.25. The van der Waals surface area contributed by atoms with Crippen LogP contribution in [0.25, 0.3) is 0 Å². The molecule has 0 saturated heterocycles. The smallest absolute Gasteiger partial charge is 0.0126 e. The van der Waals surface area contributed by atoms with Gasteiger partial charge in [0.15, 0.2) is 0 Å². The molecule has 3 rings (SSSR count). The molecule has 0 N–H and O–H groups in total. The summed E-state index contributed by atoms with van der Waals surface area (Å²) in [5, 5.41) is 0. The molecule has 0 radical (unpaired) electrons. The van der Waals surface area contributed by atoms with Crippen LogP contribution in [0.5, 0.6) is 0 Å². The standard InChI is InChI=1S/C15H20/c1-10-4-3-5-11(2)15(10)14-9-12-6-7-13(14)8-12/h3-5,12-14H,6-9H2,1-2H3/t12-,13+,14+/m1/s1. The molecular weight excluding hydrogens is 180 g/mol. The molecule has 0 unspecified atom stereocenters. The number of fused-ring (bicyclic) bond motifs is 2. The molecule has 2 aliphatic carbocycles. The highest BCUT2D eigenvalue weighted by Gasteiger charge is 2.40. The summed E-state index contributed by atoms with van der Waals surface area (Å²) in [4.78, 5) is 0. The van der Waals surface area contributed by atoms with Crippen molar-refractivity contribution in [3.05, 3.63) is 34.9 Å². The summed E-state index contributed by atoms with van der Waals surface area (Å²) in [6.07, 6.45) is 5.98. The molecule has 2 fully saturated rings. The van der Waals surface area contributed by atoms with Crippen molar-refractivity contribution in [2.45, 2.75) is 45.4 Å². The maximum atomic E-state index is 2.29. The molecule has 0 aliphatic heterocycles. The van der Waals surface area contributed by atoms with E-state index in [-0.39, 0.29) is 0 Å². The SMILES string of the molecule is Cc1cccc(C)c1[C@H]1C[C@@H]2CC[C@H]1C2. The second kappa shape index (κ2) is 3.37. The van der Waals surface area contributed by atoms with Crippen LogP contribution in [-0.4, -0.2) is 0 Å². The Kier molecular flexibility index (Phi) is 2.12. The average Bonchev–Trinajstić information content (AvgIpc) is 2.79. The molecule has 15 heavy (non-hydrogen) atoms. The second-order valence-corrected chi connectivity index (χ2v) is 5.59. The number of hydrogen-bond acceptors (Lipinski definition) is 0. The van der Waals surface area contributed by atoms with Gasteiger partial charge in [0.2, 0.25) is 0 Å². The van der Waals surface area contributed by atoms with Gasteiger partial charge >= 0.3 is 0 Å². The lowest BCUT2D eigenvalue weighted by Gasteiger charge is -2.25. The van der Waals surface area contributed by atoms with Crippen molar-refractivity contribution in [2.24, 2.45) is 11.8 Å². The first-order valence-electron chi connectivity index (χ1n) is 6.32. The first kappa shape index (κ1) is 9.45. The predicted molar refractivity (Wildman–Crippen MR) is 64.1 cm³/mol. The highest BCUT2D eigenvalue weighted by molar-refractivity contribution is 5.38. The molecule has 2 aliphatic rings. The fourth-order valence-electron chi connectivity index (χ4n) is 4.01. The lowest BCUT2D eigenvalue weighted by Crippen LogP contribution is -2.11. The molecule has 1 aromatic carbocycles. The lowest BCUT2D eigenvalue weighted by molar-refractivity contribution is 0.417. The van der Waals surface area contributed by atoms with Crippen LogP contribution in [0.2, 0.25) is 0 Å². The van der Waals surface area contributed by atoms with Gasteiger partial charge in [0.25, 0.3) is 0 Å². The van der Waals surface area contributed by atoms with Crippen molar-refractivity contribution < 1.29 is 0 Å². The molecule has 1 aromatic rings. The van der Waals surface area contributed by atoms with Crippen molar-refractivity contribution in [3.8, 4) is 0 Å². The van der Waals surface area contributed by atoms with Crippen LogP contribution in [0.3, 0.4) is 0 Å². The van der Waals surface area contributed by atoms with E-state index in [0.29, 0.717) is 0 Å². The van der Waals surface area contributed by atoms with E-state index in [2.05, 4.69) is 32.0 Å². The molecule has 2 saturated carbocycles. The molecule has 0 nitrogen and oxygen atoms in total. The summed E-state index contributed by atoms with van der Waals surface area (Å²) in [5.74, 6) is 2.96. The van der Waals surface area contributed by atoms with Crippen LogP contribution < -0.4 is 0 Å². The summed E-state index contributed by atoms with van der Waals surface area (Å²) in [7, 11) is 0. The van der Waals surface area contributed by atoms with Gasteiger partial charge in [-0.25, -0.2) is 0 Å². The Morgan fingerprint density at radius 3 is 2.27 bits per heavy atom. The molecular formula is C15H20. The Morgan fingerprint density at radius 1 is 1.00 bits per heavy atom. The normalized spacial score (nSPS) is 33.6. The second-order valence-electron chi connectivity index (χ2n) is 5.59. The van der Waals surface area contributed by atoms with Gasteiger partial charge in [-0.2, -0.15) is 0 Å². The van der Waals surface area contributed by atoms with Gasteiger partial charge in [0, 0.05) is 0 Å². The minimum absolute atomic E-state index is 0.893. The monoisotopic (exact) mass is 200 g/mol. The highest BCUT2D eigenvalue weighted by Crippen LogP contribution is 2.53. The fraction of sp³-hybridized carbons (Fsp3) is 0.600. The topological polar surface area (TPSA) is 0 Å². The number of benzene rings is 1. The largest absolute Gasteiger partial charge is 0.0617 e. The molecule has 3 atom stereocenters. The van der Waals surface area contributed by atoms with Crippen LogP contribution in [0.1, 0.15) is 48.3 Å². The van der Waals surface area contributed by atoms with Gasteiger partial charge in [0.05, 0.1) is 0 Å². The maximum Gasteiger partial charge on any atom is -0.0126 e. The van der Waals surface area contributed by atoms with E-state index in [1.165, 1.54) is 36.8 Å². The molecule has 2 bridgehead atoms. The molecule has 0 heterocycles. The Morgan fingerprint density at radius 2 is 1.73 bits per heavy atom.